The molecule has 2 aromatic carbocycles. The summed E-state index contributed by atoms with van der Waals surface area (Å²) in [5, 5.41) is 13.2. The van der Waals surface area contributed by atoms with E-state index in [2.05, 4.69) is 62.6 Å². The van der Waals surface area contributed by atoms with Crippen LogP contribution in [0.25, 0.3) is 10.9 Å². The number of carbonyl (C=O) groups excluding carboxylic acids is 1. The summed E-state index contributed by atoms with van der Waals surface area (Å²) in [6.45, 7) is 3.90. The predicted molar refractivity (Wildman–Crippen MR) is 139 cm³/mol. The second-order valence-corrected chi connectivity index (χ2v) is 9.33. The molecule has 3 heterocycles. The summed E-state index contributed by atoms with van der Waals surface area (Å²) >= 11 is 0. The van der Waals surface area contributed by atoms with Crippen LogP contribution in [-0.2, 0) is 16.1 Å². The predicted octanol–water partition coefficient (Wildman–Crippen LogP) is 1.48. The Morgan fingerprint density at radius 1 is 1.25 bits per heavy atom. The van der Waals surface area contributed by atoms with Gasteiger partial charge < -0.3 is 15.4 Å². The van der Waals surface area contributed by atoms with Gasteiger partial charge in [-0.15, -0.1) is 0 Å². The minimum absolute atomic E-state index is 0.0310. The molecule has 36 heavy (non-hydrogen) atoms. The molecule has 1 amide bonds. The Balaban J connectivity index is 1.45. The number of amides is 1. The number of nitrogens with two attached hydrogens (primary N) is 2. The number of nitrogens with zero attached hydrogens (tertiary/aromatic N) is 4. The topological polar surface area (TPSA) is 129 Å². The Labute approximate surface area is 210 Å². The molecule has 0 saturated carbocycles. The number of aromatic nitrogens is 2. The van der Waals surface area contributed by atoms with Crippen LogP contribution in [-0.4, -0.2) is 70.7 Å². The van der Waals surface area contributed by atoms with Crippen LogP contribution in [0.4, 0.5) is 5.69 Å². The highest BCUT2D eigenvalue weighted by Gasteiger charge is 2.43. The summed E-state index contributed by atoms with van der Waals surface area (Å²) in [6.07, 6.45) is 3.29. The number of hydrogen-bond acceptors (Lipinski definition) is 8. The van der Waals surface area contributed by atoms with Gasteiger partial charge in [0.1, 0.15) is 12.2 Å². The van der Waals surface area contributed by atoms with Gasteiger partial charge in [0.25, 0.3) is 0 Å². The van der Waals surface area contributed by atoms with Gasteiger partial charge in [0.15, 0.2) is 6.29 Å². The Kier molecular flexibility index (Phi) is 6.92. The average molecular weight is 491 g/mol. The normalized spacial score (nSPS) is 25.2. The maximum atomic E-state index is 12.3. The number of morpholine rings is 1. The summed E-state index contributed by atoms with van der Waals surface area (Å²) in [6, 6.07) is 16.4. The Morgan fingerprint density at radius 3 is 2.78 bits per heavy atom. The lowest BCUT2D eigenvalue weighted by atomic mass is 9.97. The first-order valence-electron chi connectivity index (χ1n) is 12.3. The van der Waals surface area contributed by atoms with E-state index in [0.29, 0.717) is 19.6 Å². The fourth-order valence-electron chi connectivity index (χ4n) is 5.34. The molecule has 0 radical (unpaired) electrons. The molecule has 190 valence electrons. The Bertz CT molecular complexity index is 1230. The minimum atomic E-state index is -0.718. The van der Waals surface area contributed by atoms with Crippen molar-refractivity contribution in [3.8, 4) is 0 Å². The molecule has 3 aromatic rings. The van der Waals surface area contributed by atoms with Crippen molar-refractivity contribution in [2.24, 2.45) is 11.6 Å². The molecular weight excluding hydrogens is 456 g/mol. The van der Waals surface area contributed by atoms with Crippen molar-refractivity contribution in [3.05, 3.63) is 72.1 Å². The number of fused-ring (bicyclic) bond motifs is 1. The molecule has 0 bridgehead atoms. The molecule has 1 aromatic heterocycles. The number of carbonyl (C=O) groups is 1. The third-order valence-electron chi connectivity index (χ3n) is 7.15. The van der Waals surface area contributed by atoms with Gasteiger partial charge in [-0.1, -0.05) is 37.3 Å². The van der Waals surface area contributed by atoms with Crippen LogP contribution in [0.15, 0.2) is 66.5 Å². The smallest absolute Gasteiger partial charge is 0.247 e. The average Bonchev–Trinajstić information content (AvgIpc) is 3.36. The SMILES string of the molecule is CC[C@@H]1C(C2=CCN(c3ccc4cn[nH]c4c3)C(NC)N2N)O[C@H](C(N)=O)CN1Cc1ccccc1. The molecule has 2 unspecified atom stereocenters. The van der Waals surface area contributed by atoms with E-state index in [9.17, 15) is 4.79 Å². The molecule has 10 heteroatoms. The number of hydrogen-bond donors (Lipinski definition) is 4. The van der Waals surface area contributed by atoms with Crippen molar-refractivity contribution < 1.29 is 9.53 Å². The quantitative estimate of drug-likeness (QED) is 0.367. The summed E-state index contributed by atoms with van der Waals surface area (Å²) < 4.78 is 6.34. The first kappa shape index (κ1) is 24.3. The Morgan fingerprint density at radius 2 is 2.06 bits per heavy atom. The van der Waals surface area contributed by atoms with E-state index in [-0.39, 0.29) is 12.3 Å². The van der Waals surface area contributed by atoms with Crippen LogP contribution in [0, 0.1) is 0 Å². The lowest BCUT2D eigenvalue weighted by molar-refractivity contribution is -0.152. The molecule has 2 aliphatic heterocycles. The first-order chi connectivity index (χ1) is 17.5. The monoisotopic (exact) mass is 490 g/mol. The molecule has 10 nitrogen and oxygen atoms in total. The van der Waals surface area contributed by atoms with Crippen LogP contribution >= 0.6 is 0 Å². The largest absolute Gasteiger partial charge is 0.367 e. The number of benzene rings is 2. The zero-order chi connectivity index (χ0) is 25.2. The lowest BCUT2D eigenvalue weighted by Gasteiger charge is -2.50. The van der Waals surface area contributed by atoms with Gasteiger partial charge in [0, 0.05) is 36.7 Å². The van der Waals surface area contributed by atoms with Crippen molar-refractivity contribution in [2.45, 2.75) is 44.4 Å². The van der Waals surface area contributed by atoms with Crippen molar-refractivity contribution in [1.29, 1.82) is 0 Å². The number of ether oxygens (including phenoxy) is 1. The summed E-state index contributed by atoms with van der Waals surface area (Å²) in [5.74, 6) is 6.28. The molecular formula is C26H34N8O2. The third kappa shape index (κ3) is 4.56. The van der Waals surface area contributed by atoms with Gasteiger partial charge in [-0.05, 0) is 43.3 Å². The van der Waals surface area contributed by atoms with Gasteiger partial charge in [-0.25, -0.2) is 5.84 Å². The number of H-pyrrole nitrogens is 1. The van der Waals surface area contributed by atoms with E-state index in [1.807, 2.05) is 31.3 Å². The van der Waals surface area contributed by atoms with Crippen LogP contribution < -0.4 is 21.8 Å². The first-order valence-corrected chi connectivity index (χ1v) is 12.3. The Hall–Kier alpha value is -3.44. The summed E-state index contributed by atoms with van der Waals surface area (Å²) in [5.41, 5.74) is 9.72. The van der Waals surface area contributed by atoms with E-state index >= 15 is 0 Å². The van der Waals surface area contributed by atoms with Crippen LogP contribution in [0.5, 0.6) is 0 Å². The molecule has 0 aliphatic carbocycles. The van der Waals surface area contributed by atoms with E-state index in [0.717, 1.165) is 28.7 Å². The van der Waals surface area contributed by atoms with Gasteiger partial charge in [-0.3, -0.25) is 25.1 Å². The maximum absolute atomic E-state index is 12.3. The van der Waals surface area contributed by atoms with Crippen LogP contribution in [0.1, 0.15) is 18.9 Å². The van der Waals surface area contributed by atoms with Crippen molar-refractivity contribution in [1.82, 2.24) is 25.4 Å². The van der Waals surface area contributed by atoms with Gasteiger partial charge in [-0.2, -0.15) is 5.10 Å². The molecule has 5 rings (SSSR count). The van der Waals surface area contributed by atoms with E-state index in [4.69, 9.17) is 16.3 Å². The van der Waals surface area contributed by atoms with Crippen molar-refractivity contribution in [3.63, 3.8) is 0 Å². The maximum Gasteiger partial charge on any atom is 0.247 e. The minimum Gasteiger partial charge on any atom is -0.367 e. The van der Waals surface area contributed by atoms with E-state index in [1.54, 1.807) is 11.2 Å². The second-order valence-electron chi connectivity index (χ2n) is 9.33. The van der Waals surface area contributed by atoms with E-state index < -0.39 is 18.1 Å². The van der Waals surface area contributed by atoms with Crippen LogP contribution in [0.3, 0.4) is 0 Å². The zero-order valence-corrected chi connectivity index (χ0v) is 20.7. The highest BCUT2D eigenvalue weighted by atomic mass is 16.5. The fraction of sp³-hybridized carbons (Fsp3) is 0.385. The fourth-order valence-corrected chi connectivity index (χ4v) is 5.34. The molecule has 1 saturated heterocycles. The van der Waals surface area contributed by atoms with Gasteiger partial charge in [0.2, 0.25) is 5.91 Å². The number of nitrogens with one attached hydrogen (secondary N) is 2. The summed E-state index contributed by atoms with van der Waals surface area (Å²) in [4.78, 5) is 16.7. The summed E-state index contributed by atoms with van der Waals surface area (Å²) in [7, 11) is 1.88. The number of rotatable bonds is 7. The number of primary amides is 1. The van der Waals surface area contributed by atoms with Gasteiger partial charge in [0.05, 0.1) is 17.4 Å². The zero-order valence-electron chi connectivity index (χ0n) is 20.7. The standard InChI is InChI=1S/C26H34N8O2/c1-3-21-24(36-23(25(27)35)16-32(21)15-17-7-5-4-6-8-17)22-11-12-33(26(29-2)34(22)28)19-10-9-18-14-30-31-20(18)13-19/h4-11,13-14,21,23-24,26,29H,3,12,15-16,28H2,1-2H3,(H2,27,35)(H,30,31)/t21-,23+,24?,26?/m1/s1. The third-order valence-corrected chi connectivity index (χ3v) is 7.15. The van der Waals surface area contributed by atoms with E-state index in [1.165, 1.54) is 5.56 Å². The molecule has 4 atom stereocenters. The molecule has 0 spiro atoms. The number of anilines is 1. The second kappa shape index (κ2) is 10.3. The highest BCUT2D eigenvalue weighted by Crippen LogP contribution is 2.32. The lowest BCUT2D eigenvalue weighted by Crippen LogP contribution is -2.66. The van der Waals surface area contributed by atoms with Crippen LogP contribution in [0.2, 0.25) is 0 Å². The van der Waals surface area contributed by atoms with Crippen molar-refractivity contribution in [2.75, 3.05) is 25.0 Å². The van der Waals surface area contributed by atoms with Gasteiger partial charge >= 0.3 is 0 Å². The number of hydrazine groups is 1. The molecule has 6 N–H and O–H groups in total. The van der Waals surface area contributed by atoms with Crippen molar-refractivity contribution >= 4 is 22.5 Å². The molecule has 2 aliphatic rings. The number of aromatic amines is 1. The highest BCUT2D eigenvalue weighted by molar-refractivity contribution is 5.82. The molecule has 1 fully saturated rings.